The zero-order valence-electron chi connectivity index (χ0n) is 20.2. The summed E-state index contributed by atoms with van der Waals surface area (Å²) in [5.41, 5.74) is 1.82. The summed E-state index contributed by atoms with van der Waals surface area (Å²) in [7, 11) is -2.17. The van der Waals surface area contributed by atoms with Gasteiger partial charge in [0.05, 0.1) is 13.2 Å². The number of rotatable bonds is 7. The van der Waals surface area contributed by atoms with E-state index >= 15 is 0 Å². The minimum Gasteiger partial charge on any atom is -0.487 e. The van der Waals surface area contributed by atoms with Crippen LogP contribution < -0.4 is 4.74 Å². The SMILES string of the molecule is CCC(=O)N(C)C[C@@H]1Oc2cc(/C=C/c3ccccc3)ccc2S(=O)(=O)N([C@H](C)CO)C[C@H]1C. The van der Waals surface area contributed by atoms with Gasteiger partial charge >= 0.3 is 0 Å². The van der Waals surface area contributed by atoms with Crippen LogP contribution in [0.3, 0.4) is 0 Å². The van der Waals surface area contributed by atoms with Crippen LogP contribution in [0.2, 0.25) is 0 Å². The summed E-state index contributed by atoms with van der Waals surface area (Å²) in [6.07, 6.45) is 3.82. The van der Waals surface area contributed by atoms with Crippen LogP contribution >= 0.6 is 0 Å². The molecule has 0 spiro atoms. The number of sulfonamides is 1. The van der Waals surface area contributed by atoms with Crippen LogP contribution in [-0.2, 0) is 14.8 Å². The Morgan fingerprint density at radius 3 is 2.53 bits per heavy atom. The number of hydrogen-bond acceptors (Lipinski definition) is 5. The number of ether oxygens (including phenoxy) is 1. The lowest BCUT2D eigenvalue weighted by Crippen LogP contribution is -2.50. The predicted molar refractivity (Wildman–Crippen MR) is 134 cm³/mol. The van der Waals surface area contributed by atoms with Gasteiger partial charge in [-0.25, -0.2) is 8.42 Å². The number of benzene rings is 2. The Hall–Kier alpha value is -2.68. The molecule has 0 aliphatic carbocycles. The van der Waals surface area contributed by atoms with Crippen molar-refractivity contribution in [3.63, 3.8) is 0 Å². The minimum absolute atomic E-state index is 0.00849. The molecule has 1 aliphatic rings. The van der Waals surface area contributed by atoms with E-state index in [2.05, 4.69) is 0 Å². The molecule has 3 atom stereocenters. The molecular weight excluding hydrogens is 452 g/mol. The highest BCUT2D eigenvalue weighted by Crippen LogP contribution is 2.34. The van der Waals surface area contributed by atoms with Crippen molar-refractivity contribution in [3.05, 3.63) is 59.7 Å². The zero-order valence-corrected chi connectivity index (χ0v) is 21.0. The summed E-state index contributed by atoms with van der Waals surface area (Å²) < 4.78 is 34.7. The maximum absolute atomic E-state index is 13.5. The fourth-order valence-electron chi connectivity index (χ4n) is 3.96. The molecule has 1 N–H and O–H groups in total. The first kappa shape index (κ1) is 25.9. The Morgan fingerprint density at radius 1 is 1.21 bits per heavy atom. The summed E-state index contributed by atoms with van der Waals surface area (Å²) in [6.45, 7) is 5.62. The molecule has 34 heavy (non-hydrogen) atoms. The summed E-state index contributed by atoms with van der Waals surface area (Å²) >= 11 is 0. The molecule has 1 heterocycles. The van der Waals surface area contributed by atoms with Gasteiger partial charge in [0, 0.05) is 32.0 Å². The van der Waals surface area contributed by atoms with Crippen molar-refractivity contribution in [2.75, 3.05) is 26.7 Å². The molecule has 2 aromatic rings. The highest BCUT2D eigenvalue weighted by Gasteiger charge is 2.38. The van der Waals surface area contributed by atoms with Gasteiger partial charge in [-0.05, 0) is 30.2 Å². The topological polar surface area (TPSA) is 87.2 Å². The zero-order chi connectivity index (χ0) is 24.9. The molecule has 3 rings (SSSR count). The molecule has 2 aromatic carbocycles. The Morgan fingerprint density at radius 2 is 1.88 bits per heavy atom. The van der Waals surface area contributed by atoms with E-state index in [1.807, 2.05) is 49.4 Å². The van der Waals surface area contributed by atoms with Gasteiger partial charge in [0.15, 0.2) is 0 Å². The third kappa shape index (κ3) is 5.87. The monoisotopic (exact) mass is 486 g/mol. The van der Waals surface area contributed by atoms with Crippen LogP contribution in [0.15, 0.2) is 53.4 Å². The molecule has 0 saturated heterocycles. The molecule has 0 fully saturated rings. The van der Waals surface area contributed by atoms with Crippen molar-refractivity contribution in [1.29, 1.82) is 0 Å². The first-order valence-corrected chi connectivity index (χ1v) is 13.0. The van der Waals surface area contributed by atoms with Gasteiger partial charge in [-0.2, -0.15) is 4.31 Å². The molecule has 1 amide bonds. The summed E-state index contributed by atoms with van der Waals surface area (Å²) in [6, 6.07) is 14.2. The number of aliphatic hydroxyl groups excluding tert-OH is 1. The molecule has 0 radical (unpaired) electrons. The molecule has 0 aromatic heterocycles. The molecule has 184 valence electrons. The van der Waals surface area contributed by atoms with Gasteiger partial charge < -0.3 is 14.7 Å². The highest BCUT2D eigenvalue weighted by atomic mass is 32.2. The molecule has 1 aliphatic heterocycles. The summed E-state index contributed by atoms with van der Waals surface area (Å²) in [5, 5.41) is 9.75. The first-order chi connectivity index (χ1) is 16.2. The van der Waals surface area contributed by atoms with E-state index in [1.54, 1.807) is 44.0 Å². The third-order valence-electron chi connectivity index (χ3n) is 6.14. The lowest BCUT2D eigenvalue weighted by Gasteiger charge is -2.37. The van der Waals surface area contributed by atoms with Crippen LogP contribution in [0.5, 0.6) is 5.75 Å². The number of aliphatic hydroxyl groups is 1. The van der Waals surface area contributed by atoms with Crippen LogP contribution in [0.4, 0.5) is 0 Å². The van der Waals surface area contributed by atoms with E-state index in [4.69, 9.17) is 4.74 Å². The Bertz CT molecular complexity index is 1120. The lowest BCUT2D eigenvalue weighted by atomic mass is 10.0. The van der Waals surface area contributed by atoms with Crippen molar-refractivity contribution in [2.45, 2.75) is 44.2 Å². The second kappa shape index (κ2) is 11.2. The normalized spacial score (nSPS) is 21.2. The highest BCUT2D eigenvalue weighted by molar-refractivity contribution is 7.89. The quantitative estimate of drug-likeness (QED) is 0.606. The number of carbonyl (C=O) groups is 1. The molecule has 0 bridgehead atoms. The number of likely N-dealkylation sites (N-methyl/N-ethyl adjacent to an activating group) is 1. The number of amides is 1. The van der Waals surface area contributed by atoms with Gasteiger partial charge in [-0.1, -0.05) is 62.4 Å². The smallest absolute Gasteiger partial charge is 0.247 e. The molecule has 8 heteroatoms. The number of carbonyl (C=O) groups excluding carboxylic acids is 1. The van der Waals surface area contributed by atoms with Gasteiger partial charge in [0.2, 0.25) is 15.9 Å². The summed E-state index contributed by atoms with van der Waals surface area (Å²) in [5.74, 6) is 0.0256. The van der Waals surface area contributed by atoms with Crippen LogP contribution in [0, 0.1) is 5.92 Å². The largest absolute Gasteiger partial charge is 0.487 e. The van der Waals surface area contributed by atoms with E-state index in [9.17, 15) is 18.3 Å². The maximum atomic E-state index is 13.5. The van der Waals surface area contributed by atoms with E-state index < -0.39 is 22.2 Å². The second-order valence-corrected chi connectivity index (χ2v) is 10.7. The Labute approximate surface area is 202 Å². The van der Waals surface area contributed by atoms with E-state index in [-0.39, 0.29) is 35.6 Å². The fourth-order valence-corrected chi connectivity index (χ4v) is 5.79. The van der Waals surface area contributed by atoms with Crippen molar-refractivity contribution in [3.8, 4) is 5.75 Å². The summed E-state index contributed by atoms with van der Waals surface area (Å²) in [4.78, 5) is 13.9. The maximum Gasteiger partial charge on any atom is 0.247 e. The molecule has 7 nitrogen and oxygen atoms in total. The third-order valence-corrected chi connectivity index (χ3v) is 8.16. The van der Waals surface area contributed by atoms with Crippen molar-refractivity contribution < 1.29 is 23.1 Å². The average molecular weight is 487 g/mol. The lowest BCUT2D eigenvalue weighted by molar-refractivity contribution is -0.131. The molecule has 0 unspecified atom stereocenters. The van der Waals surface area contributed by atoms with Gasteiger partial charge in [-0.15, -0.1) is 0 Å². The number of fused-ring (bicyclic) bond motifs is 1. The van der Waals surface area contributed by atoms with Gasteiger partial charge in [0.25, 0.3) is 0 Å². The van der Waals surface area contributed by atoms with Crippen LogP contribution in [-0.4, -0.2) is 67.5 Å². The Balaban J connectivity index is 2.04. The average Bonchev–Trinajstić information content (AvgIpc) is 2.84. The van der Waals surface area contributed by atoms with Crippen molar-refractivity contribution in [2.24, 2.45) is 5.92 Å². The predicted octanol–water partition coefficient (Wildman–Crippen LogP) is 3.49. The molecular formula is C26H34N2O5S. The van der Waals surface area contributed by atoms with Gasteiger partial charge in [0.1, 0.15) is 16.7 Å². The molecule has 0 saturated carbocycles. The number of hydrogen-bond donors (Lipinski definition) is 1. The fraction of sp³-hybridized carbons (Fsp3) is 0.423. The minimum atomic E-state index is -3.90. The Kier molecular flexibility index (Phi) is 8.52. The van der Waals surface area contributed by atoms with Crippen molar-refractivity contribution >= 4 is 28.1 Å². The standard InChI is InChI=1S/C26H34N2O5S/c1-5-26(30)27(4)17-24-19(2)16-28(20(3)18-29)34(31,32)25-14-13-22(15-23(25)33-24)12-11-21-9-7-6-8-10-21/h6-15,19-20,24,29H,5,16-18H2,1-4H3/b12-11+/t19-,20-,24+/m1/s1. The van der Waals surface area contributed by atoms with E-state index in [1.165, 1.54) is 4.31 Å². The van der Waals surface area contributed by atoms with Crippen LogP contribution in [0.25, 0.3) is 12.2 Å². The first-order valence-electron chi connectivity index (χ1n) is 11.6. The second-order valence-electron chi connectivity index (χ2n) is 8.82. The van der Waals surface area contributed by atoms with E-state index in [0.717, 1.165) is 11.1 Å². The van der Waals surface area contributed by atoms with E-state index in [0.29, 0.717) is 13.0 Å². The number of nitrogens with zero attached hydrogens (tertiary/aromatic N) is 2. The van der Waals surface area contributed by atoms with Crippen molar-refractivity contribution in [1.82, 2.24) is 9.21 Å². The van der Waals surface area contributed by atoms with Gasteiger partial charge in [-0.3, -0.25) is 4.79 Å². The van der Waals surface area contributed by atoms with Crippen LogP contribution in [0.1, 0.15) is 38.3 Å².